The second-order valence-corrected chi connectivity index (χ2v) is 14.8. The Labute approximate surface area is 207 Å². The molecule has 0 bridgehead atoms. The molecule has 0 amide bonds. The summed E-state index contributed by atoms with van der Waals surface area (Å²) in [4.78, 5) is 15.6. The zero-order chi connectivity index (χ0) is 24.7. The topological polar surface area (TPSA) is 77.9 Å². The molecule has 0 spiro atoms. The number of nitrogens with zero attached hydrogens (tertiary/aromatic N) is 2. The van der Waals surface area contributed by atoms with Crippen LogP contribution in [0.4, 0.5) is 0 Å². The van der Waals surface area contributed by atoms with Crippen molar-refractivity contribution < 1.29 is 18.3 Å². The first-order valence-corrected chi connectivity index (χ1v) is 15.7. The van der Waals surface area contributed by atoms with Gasteiger partial charge in [0.05, 0.1) is 18.4 Å². The molecule has 1 aliphatic heterocycles. The zero-order valence-corrected chi connectivity index (χ0v) is 22.8. The van der Waals surface area contributed by atoms with Crippen LogP contribution in [-0.4, -0.2) is 73.1 Å². The molecule has 7 atom stereocenters. The van der Waals surface area contributed by atoms with Crippen LogP contribution in [0.3, 0.4) is 0 Å². The van der Waals surface area contributed by atoms with Gasteiger partial charge in [-0.3, -0.25) is 9.69 Å². The van der Waals surface area contributed by atoms with E-state index in [4.69, 9.17) is 0 Å². The summed E-state index contributed by atoms with van der Waals surface area (Å²) in [6.07, 6.45) is 12.9. The van der Waals surface area contributed by atoms with E-state index in [0.717, 1.165) is 50.4 Å². The Bertz CT molecular complexity index is 836. The minimum atomic E-state index is -3.14. The predicted octanol–water partition coefficient (Wildman–Crippen LogP) is 3.93. The van der Waals surface area contributed by atoms with E-state index in [1.165, 1.54) is 36.2 Å². The van der Waals surface area contributed by atoms with Gasteiger partial charge in [-0.15, -0.1) is 0 Å². The van der Waals surface area contributed by atoms with E-state index in [0.29, 0.717) is 50.3 Å². The highest BCUT2D eigenvalue weighted by Crippen LogP contribution is 2.53. The molecule has 0 radical (unpaired) electrons. The summed E-state index contributed by atoms with van der Waals surface area (Å²) in [6.45, 7) is 9.37. The average molecular weight is 497 g/mol. The maximum Gasteiger partial charge on any atom is 0.211 e. The fourth-order valence-corrected chi connectivity index (χ4v) is 8.82. The molecule has 0 aromatic carbocycles. The number of Topliss-reactive ketones (excluding diaryl/α,β-unsaturated/α-hetero) is 1. The van der Waals surface area contributed by atoms with Gasteiger partial charge < -0.3 is 5.11 Å². The number of piperazine rings is 1. The second-order valence-electron chi connectivity index (χ2n) is 12.9. The van der Waals surface area contributed by atoms with Gasteiger partial charge in [-0.05, 0) is 74.5 Å². The van der Waals surface area contributed by atoms with E-state index >= 15 is 0 Å². The molecule has 3 aliphatic carbocycles. The molecule has 4 fully saturated rings. The second kappa shape index (κ2) is 10.1. The maximum atomic E-state index is 13.4. The molecule has 7 unspecified atom stereocenters. The molecule has 1 saturated heterocycles. The quantitative estimate of drug-likeness (QED) is 0.578. The summed E-state index contributed by atoms with van der Waals surface area (Å²) in [6, 6.07) is 0. The van der Waals surface area contributed by atoms with Gasteiger partial charge in [-0.2, -0.15) is 4.31 Å². The van der Waals surface area contributed by atoms with Crippen molar-refractivity contribution >= 4 is 15.8 Å². The minimum Gasteiger partial charge on any atom is -0.390 e. The number of fused-ring (bicyclic) bond motifs is 1. The third-order valence-corrected chi connectivity index (χ3v) is 11.8. The smallest absolute Gasteiger partial charge is 0.211 e. The van der Waals surface area contributed by atoms with Crippen LogP contribution in [0.5, 0.6) is 0 Å². The summed E-state index contributed by atoms with van der Waals surface area (Å²) in [5.41, 5.74) is -0.408. The SMILES string of the molecule is CC1CC2C(CCC3(C)CCCC3C(=O)CN3CCN(S(C)(=O)=O)CC3)CCCC2CC1(C)O. The lowest BCUT2D eigenvalue weighted by Crippen LogP contribution is -2.50. The highest BCUT2D eigenvalue weighted by Gasteiger charge is 2.47. The number of sulfonamides is 1. The molecular weight excluding hydrogens is 448 g/mol. The summed E-state index contributed by atoms with van der Waals surface area (Å²) < 4.78 is 25.1. The highest BCUT2D eigenvalue weighted by molar-refractivity contribution is 7.88. The molecule has 3 saturated carbocycles. The summed E-state index contributed by atoms with van der Waals surface area (Å²) in [7, 11) is -3.14. The fourth-order valence-electron chi connectivity index (χ4n) is 7.99. The Balaban J connectivity index is 1.32. The van der Waals surface area contributed by atoms with Crippen LogP contribution >= 0.6 is 0 Å². The third kappa shape index (κ3) is 5.73. The molecule has 4 rings (SSSR count). The molecule has 4 aliphatic rings. The molecule has 0 aromatic heterocycles. The monoisotopic (exact) mass is 496 g/mol. The van der Waals surface area contributed by atoms with Crippen molar-refractivity contribution in [3.05, 3.63) is 0 Å². The van der Waals surface area contributed by atoms with Crippen LogP contribution in [0.2, 0.25) is 0 Å². The molecule has 196 valence electrons. The molecule has 7 heteroatoms. The van der Waals surface area contributed by atoms with E-state index in [1.807, 2.05) is 6.92 Å². The first kappa shape index (κ1) is 26.6. The van der Waals surface area contributed by atoms with Crippen molar-refractivity contribution in [2.24, 2.45) is 35.0 Å². The molecule has 34 heavy (non-hydrogen) atoms. The van der Waals surface area contributed by atoms with E-state index in [-0.39, 0.29) is 11.3 Å². The Hall–Kier alpha value is -0.500. The van der Waals surface area contributed by atoms with Crippen LogP contribution in [0.25, 0.3) is 0 Å². The van der Waals surface area contributed by atoms with E-state index in [9.17, 15) is 18.3 Å². The van der Waals surface area contributed by atoms with Crippen molar-refractivity contribution in [3.8, 4) is 0 Å². The van der Waals surface area contributed by atoms with Crippen LogP contribution in [-0.2, 0) is 14.8 Å². The van der Waals surface area contributed by atoms with E-state index in [1.54, 1.807) is 0 Å². The predicted molar refractivity (Wildman–Crippen MR) is 136 cm³/mol. The number of rotatable bonds is 7. The molecule has 6 nitrogen and oxygen atoms in total. The Morgan fingerprint density at radius 2 is 1.76 bits per heavy atom. The normalized spacial score (nSPS) is 42.4. The number of carbonyl (C=O) groups excluding carboxylic acids is 1. The lowest BCUT2D eigenvalue weighted by atomic mass is 9.57. The standard InChI is InChI=1S/C27H48N2O4S/c1-20-17-23-21(7-5-8-22(23)18-27(20,3)31)10-12-26(2)11-6-9-24(26)25(30)19-28-13-15-29(16-14-28)34(4,32)33/h20-24,31H,5-19H2,1-4H3. The lowest BCUT2D eigenvalue weighted by molar-refractivity contribution is -0.127. The summed E-state index contributed by atoms with van der Waals surface area (Å²) in [5, 5.41) is 10.8. The van der Waals surface area contributed by atoms with Gasteiger partial charge in [-0.1, -0.05) is 39.5 Å². The largest absolute Gasteiger partial charge is 0.390 e. The van der Waals surface area contributed by atoms with Crippen LogP contribution in [0.1, 0.15) is 85.0 Å². The molecule has 0 aromatic rings. The Morgan fingerprint density at radius 1 is 1.06 bits per heavy atom. The van der Waals surface area contributed by atoms with Crippen LogP contribution in [0.15, 0.2) is 0 Å². The zero-order valence-electron chi connectivity index (χ0n) is 22.0. The third-order valence-electron chi connectivity index (χ3n) is 10.5. The van der Waals surface area contributed by atoms with Gasteiger partial charge in [0.25, 0.3) is 0 Å². The number of carbonyl (C=O) groups is 1. The fraction of sp³-hybridized carbons (Fsp3) is 0.963. The minimum absolute atomic E-state index is 0.102. The summed E-state index contributed by atoms with van der Waals surface area (Å²) >= 11 is 0. The first-order valence-electron chi connectivity index (χ1n) is 13.8. The van der Waals surface area contributed by atoms with Crippen molar-refractivity contribution in [2.75, 3.05) is 39.0 Å². The van der Waals surface area contributed by atoms with E-state index in [2.05, 4.69) is 18.7 Å². The Kier molecular flexibility index (Phi) is 7.89. The number of ketones is 1. The van der Waals surface area contributed by atoms with Gasteiger partial charge in [0.2, 0.25) is 10.0 Å². The van der Waals surface area contributed by atoms with Gasteiger partial charge >= 0.3 is 0 Å². The lowest BCUT2D eigenvalue weighted by Gasteiger charge is -2.50. The van der Waals surface area contributed by atoms with Crippen LogP contribution in [0, 0.1) is 35.0 Å². The maximum absolute atomic E-state index is 13.4. The molecular formula is C27H48N2O4S. The van der Waals surface area contributed by atoms with Gasteiger partial charge in [0.15, 0.2) is 0 Å². The number of aliphatic hydroxyl groups is 1. The first-order chi connectivity index (χ1) is 15.9. The number of hydrogen-bond acceptors (Lipinski definition) is 5. The van der Waals surface area contributed by atoms with Crippen molar-refractivity contribution in [3.63, 3.8) is 0 Å². The molecule has 1 N–H and O–H groups in total. The molecule has 1 heterocycles. The van der Waals surface area contributed by atoms with E-state index < -0.39 is 15.6 Å². The number of hydrogen-bond donors (Lipinski definition) is 1. The van der Waals surface area contributed by atoms with Gasteiger partial charge in [0.1, 0.15) is 5.78 Å². The van der Waals surface area contributed by atoms with Crippen LogP contribution < -0.4 is 0 Å². The van der Waals surface area contributed by atoms with Gasteiger partial charge in [-0.25, -0.2) is 8.42 Å². The van der Waals surface area contributed by atoms with Crippen molar-refractivity contribution in [2.45, 2.75) is 90.6 Å². The average Bonchev–Trinajstić information content (AvgIpc) is 3.14. The van der Waals surface area contributed by atoms with Crippen molar-refractivity contribution in [1.82, 2.24) is 9.21 Å². The summed E-state index contributed by atoms with van der Waals surface area (Å²) in [5.74, 6) is 3.05. The Morgan fingerprint density at radius 3 is 2.44 bits per heavy atom. The highest BCUT2D eigenvalue weighted by atomic mass is 32.2. The van der Waals surface area contributed by atoms with Crippen molar-refractivity contribution in [1.29, 1.82) is 0 Å². The van der Waals surface area contributed by atoms with Gasteiger partial charge in [0, 0.05) is 32.1 Å².